The minimum absolute atomic E-state index is 0.0986. The van der Waals surface area contributed by atoms with Crippen molar-refractivity contribution in [1.29, 1.82) is 0 Å². The summed E-state index contributed by atoms with van der Waals surface area (Å²) in [6.45, 7) is 6.52. The van der Waals surface area contributed by atoms with Crippen molar-refractivity contribution < 1.29 is 4.79 Å². The molecule has 0 aliphatic rings. The summed E-state index contributed by atoms with van der Waals surface area (Å²) in [5.74, 6) is -0.0986. The first kappa shape index (κ1) is 16.8. The third-order valence-corrected chi connectivity index (χ3v) is 4.15. The van der Waals surface area contributed by atoms with Crippen LogP contribution >= 0.6 is 23.2 Å². The second kappa shape index (κ2) is 6.68. The van der Waals surface area contributed by atoms with Crippen LogP contribution in [0.3, 0.4) is 0 Å². The van der Waals surface area contributed by atoms with Crippen LogP contribution in [0.25, 0.3) is 6.08 Å². The van der Waals surface area contributed by atoms with Gasteiger partial charge in [-0.3, -0.25) is 4.79 Å². The molecule has 0 aliphatic carbocycles. The van der Waals surface area contributed by atoms with E-state index in [2.05, 4.69) is 32.9 Å². The fourth-order valence-corrected chi connectivity index (χ4v) is 2.31. The van der Waals surface area contributed by atoms with E-state index >= 15 is 0 Å². The largest absolute Gasteiger partial charge is 0.289 e. The van der Waals surface area contributed by atoms with E-state index in [1.54, 1.807) is 30.4 Å². The Morgan fingerprint density at radius 2 is 1.59 bits per heavy atom. The Hall–Kier alpha value is -1.57. The molecule has 0 heterocycles. The minimum Gasteiger partial charge on any atom is -0.289 e. The number of carbonyl (C=O) groups is 1. The predicted octanol–water partition coefficient (Wildman–Crippen LogP) is 6.19. The highest BCUT2D eigenvalue weighted by Gasteiger charge is 2.12. The average molecular weight is 333 g/mol. The molecule has 0 aliphatic heterocycles. The van der Waals surface area contributed by atoms with Gasteiger partial charge in [0.2, 0.25) is 0 Å². The molecule has 3 heteroatoms. The van der Waals surface area contributed by atoms with Gasteiger partial charge in [0.25, 0.3) is 0 Å². The lowest BCUT2D eigenvalue weighted by atomic mass is 9.87. The van der Waals surface area contributed by atoms with E-state index in [4.69, 9.17) is 23.2 Å². The second-order valence-electron chi connectivity index (χ2n) is 6.20. The summed E-state index contributed by atoms with van der Waals surface area (Å²) in [6.07, 6.45) is 3.35. The lowest BCUT2D eigenvalue weighted by Gasteiger charge is -2.18. The third-order valence-electron chi connectivity index (χ3n) is 3.41. The van der Waals surface area contributed by atoms with E-state index in [-0.39, 0.29) is 11.2 Å². The van der Waals surface area contributed by atoms with E-state index in [0.29, 0.717) is 15.6 Å². The van der Waals surface area contributed by atoms with Gasteiger partial charge in [0.1, 0.15) is 0 Å². The first-order valence-electron chi connectivity index (χ1n) is 7.05. The molecule has 0 spiro atoms. The molecule has 114 valence electrons. The summed E-state index contributed by atoms with van der Waals surface area (Å²) < 4.78 is 0. The van der Waals surface area contributed by atoms with Crippen molar-refractivity contribution >= 4 is 35.1 Å². The molecule has 22 heavy (non-hydrogen) atoms. The smallest absolute Gasteiger partial charge is 0.185 e. The highest BCUT2D eigenvalue weighted by molar-refractivity contribution is 6.42. The Morgan fingerprint density at radius 3 is 2.14 bits per heavy atom. The SMILES string of the molecule is CC(C)(C)c1ccc(C=CC(=O)c2ccc(Cl)c(Cl)c2)cc1. The number of benzene rings is 2. The molecular formula is C19H18Cl2O. The Bertz CT molecular complexity index is 707. The minimum atomic E-state index is -0.0986. The lowest BCUT2D eigenvalue weighted by Crippen LogP contribution is -2.10. The van der Waals surface area contributed by atoms with Gasteiger partial charge in [0.05, 0.1) is 10.0 Å². The Labute approximate surface area is 141 Å². The molecule has 1 nitrogen and oxygen atoms in total. The van der Waals surface area contributed by atoms with Gasteiger partial charge in [-0.1, -0.05) is 74.3 Å². The van der Waals surface area contributed by atoms with Gasteiger partial charge in [0, 0.05) is 5.56 Å². The Morgan fingerprint density at radius 1 is 0.955 bits per heavy atom. The molecule has 0 aromatic heterocycles. The van der Waals surface area contributed by atoms with Gasteiger partial charge in [-0.15, -0.1) is 0 Å². The maximum atomic E-state index is 12.1. The number of carbonyl (C=O) groups excluding carboxylic acids is 1. The molecule has 0 saturated carbocycles. The van der Waals surface area contributed by atoms with Crippen LogP contribution in [-0.2, 0) is 5.41 Å². The second-order valence-corrected chi connectivity index (χ2v) is 7.01. The summed E-state index contributed by atoms with van der Waals surface area (Å²) in [7, 11) is 0. The predicted molar refractivity (Wildman–Crippen MR) is 95.0 cm³/mol. The van der Waals surface area contributed by atoms with E-state index in [1.165, 1.54) is 5.56 Å². The Kier molecular flexibility index (Phi) is 5.10. The van der Waals surface area contributed by atoms with Crippen LogP contribution in [-0.4, -0.2) is 5.78 Å². The van der Waals surface area contributed by atoms with Gasteiger partial charge < -0.3 is 0 Å². The van der Waals surface area contributed by atoms with Crippen molar-refractivity contribution in [3.8, 4) is 0 Å². The standard InChI is InChI=1S/C19H18Cl2O/c1-19(2,3)15-8-4-13(5-9-15)6-11-18(22)14-7-10-16(20)17(21)12-14/h4-12H,1-3H3. The zero-order valence-corrected chi connectivity index (χ0v) is 14.4. The van der Waals surface area contributed by atoms with E-state index in [1.807, 2.05) is 12.1 Å². The summed E-state index contributed by atoms with van der Waals surface area (Å²) in [6, 6.07) is 13.1. The third kappa shape index (κ3) is 4.22. The summed E-state index contributed by atoms with van der Waals surface area (Å²) in [5.41, 5.74) is 2.90. The maximum Gasteiger partial charge on any atom is 0.185 e. The number of hydrogen-bond donors (Lipinski definition) is 0. The van der Waals surface area contributed by atoms with E-state index in [9.17, 15) is 4.79 Å². The zero-order valence-electron chi connectivity index (χ0n) is 12.9. The fourth-order valence-electron chi connectivity index (χ4n) is 2.01. The van der Waals surface area contributed by atoms with Crippen molar-refractivity contribution in [3.05, 3.63) is 75.3 Å². The summed E-state index contributed by atoms with van der Waals surface area (Å²) >= 11 is 11.8. The van der Waals surface area contributed by atoms with Gasteiger partial charge in [-0.05, 0) is 40.8 Å². The van der Waals surface area contributed by atoms with Gasteiger partial charge in [0.15, 0.2) is 5.78 Å². The molecule has 2 aromatic carbocycles. The number of ketones is 1. The van der Waals surface area contributed by atoms with Gasteiger partial charge >= 0.3 is 0 Å². The van der Waals surface area contributed by atoms with Crippen LogP contribution in [0.2, 0.25) is 10.0 Å². The van der Waals surface area contributed by atoms with Crippen LogP contribution in [0.5, 0.6) is 0 Å². The van der Waals surface area contributed by atoms with Gasteiger partial charge in [-0.25, -0.2) is 0 Å². The number of hydrogen-bond acceptors (Lipinski definition) is 1. The summed E-state index contributed by atoms with van der Waals surface area (Å²) in [4.78, 5) is 12.1. The average Bonchev–Trinajstić information content (AvgIpc) is 2.47. The van der Waals surface area contributed by atoms with Crippen molar-refractivity contribution in [2.24, 2.45) is 0 Å². The molecule has 0 fully saturated rings. The molecule has 0 radical (unpaired) electrons. The monoisotopic (exact) mass is 332 g/mol. The van der Waals surface area contributed by atoms with Gasteiger partial charge in [-0.2, -0.15) is 0 Å². The first-order chi connectivity index (χ1) is 10.3. The molecule has 0 saturated heterocycles. The zero-order chi connectivity index (χ0) is 16.3. The number of rotatable bonds is 3. The molecule has 0 bridgehead atoms. The molecular weight excluding hydrogens is 315 g/mol. The quantitative estimate of drug-likeness (QED) is 0.484. The molecule has 0 N–H and O–H groups in total. The van der Waals surface area contributed by atoms with Crippen LogP contribution in [0.4, 0.5) is 0 Å². The van der Waals surface area contributed by atoms with Crippen molar-refractivity contribution in [2.75, 3.05) is 0 Å². The summed E-state index contributed by atoms with van der Waals surface area (Å²) in [5, 5.41) is 0.829. The van der Waals surface area contributed by atoms with E-state index < -0.39 is 0 Å². The van der Waals surface area contributed by atoms with Crippen LogP contribution in [0.15, 0.2) is 48.5 Å². The lowest BCUT2D eigenvalue weighted by molar-refractivity contribution is 0.104. The normalized spacial score (nSPS) is 11.9. The van der Waals surface area contributed by atoms with E-state index in [0.717, 1.165) is 5.56 Å². The topological polar surface area (TPSA) is 17.1 Å². The highest BCUT2D eigenvalue weighted by atomic mass is 35.5. The molecule has 0 amide bonds. The molecule has 2 rings (SSSR count). The highest BCUT2D eigenvalue weighted by Crippen LogP contribution is 2.24. The first-order valence-corrected chi connectivity index (χ1v) is 7.81. The van der Waals surface area contributed by atoms with Crippen molar-refractivity contribution in [3.63, 3.8) is 0 Å². The van der Waals surface area contributed by atoms with Crippen molar-refractivity contribution in [2.45, 2.75) is 26.2 Å². The molecule has 0 atom stereocenters. The van der Waals surface area contributed by atoms with Crippen LogP contribution < -0.4 is 0 Å². The van der Waals surface area contributed by atoms with Crippen LogP contribution in [0.1, 0.15) is 42.3 Å². The molecule has 2 aromatic rings. The van der Waals surface area contributed by atoms with Crippen LogP contribution in [0, 0.1) is 0 Å². The molecule has 0 unspecified atom stereocenters. The maximum absolute atomic E-state index is 12.1. The fraction of sp³-hybridized carbons (Fsp3) is 0.211. The van der Waals surface area contributed by atoms with Crippen molar-refractivity contribution in [1.82, 2.24) is 0 Å². The number of allylic oxidation sites excluding steroid dienone is 1. The number of halogens is 2. The Balaban J connectivity index is 2.14.